The molecule has 28 heavy (non-hydrogen) atoms. The zero-order valence-electron chi connectivity index (χ0n) is 14.8. The largest absolute Gasteiger partial charge is 0.360 e. The first-order valence-electron chi connectivity index (χ1n) is 8.53. The highest BCUT2D eigenvalue weighted by atomic mass is 35.5. The average molecular weight is 400 g/mol. The van der Waals surface area contributed by atoms with E-state index in [9.17, 15) is 9.18 Å². The van der Waals surface area contributed by atoms with Gasteiger partial charge in [-0.15, -0.1) is 10.2 Å². The third kappa shape index (κ3) is 3.22. The normalized spacial score (nSPS) is 11.1. The number of fused-ring (bicyclic) bond motifs is 1. The van der Waals surface area contributed by atoms with E-state index in [0.29, 0.717) is 13.0 Å². The van der Waals surface area contributed by atoms with Gasteiger partial charge in [0.15, 0.2) is 5.65 Å². The van der Waals surface area contributed by atoms with Crippen LogP contribution in [0.3, 0.4) is 0 Å². The lowest BCUT2D eigenvalue weighted by molar-refractivity contribution is 0.0953. The van der Waals surface area contributed by atoms with Gasteiger partial charge >= 0.3 is 0 Å². The Morgan fingerprint density at radius 2 is 2.11 bits per heavy atom. The molecule has 142 valence electrons. The molecule has 1 amide bonds. The number of rotatable bonds is 5. The van der Waals surface area contributed by atoms with Crippen LogP contribution in [0.4, 0.5) is 4.39 Å². The predicted octanol–water partition coefficient (Wildman–Crippen LogP) is 3.46. The molecule has 0 aliphatic rings. The van der Waals surface area contributed by atoms with Crippen molar-refractivity contribution in [1.82, 2.24) is 25.1 Å². The maximum atomic E-state index is 14.3. The van der Waals surface area contributed by atoms with E-state index in [1.165, 1.54) is 18.2 Å². The van der Waals surface area contributed by atoms with Gasteiger partial charge in [-0.2, -0.15) is 0 Å². The van der Waals surface area contributed by atoms with E-state index in [-0.39, 0.29) is 27.6 Å². The van der Waals surface area contributed by atoms with E-state index in [2.05, 4.69) is 20.7 Å². The van der Waals surface area contributed by atoms with Crippen molar-refractivity contribution < 1.29 is 13.7 Å². The minimum absolute atomic E-state index is 0.0367. The second kappa shape index (κ2) is 7.40. The summed E-state index contributed by atoms with van der Waals surface area (Å²) < 4.78 is 21.2. The number of halogens is 2. The zero-order chi connectivity index (χ0) is 19.7. The van der Waals surface area contributed by atoms with Crippen LogP contribution in [0.2, 0.25) is 5.02 Å². The van der Waals surface area contributed by atoms with Crippen molar-refractivity contribution in [3.05, 3.63) is 70.6 Å². The van der Waals surface area contributed by atoms with Crippen LogP contribution in [0, 0.1) is 12.7 Å². The van der Waals surface area contributed by atoms with Crippen molar-refractivity contribution >= 4 is 23.2 Å². The maximum Gasteiger partial charge on any atom is 0.257 e. The van der Waals surface area contributed by atoms with Crippen LogP contribution < -0.4 is 5.32 Å². The molecule has 1 N–H and O–H groups in total. The number of amides is 1. The van der Waals surface area contributed by atoms with E-state index in [0.717, 1.165) is 11.5 Å². The molecule has 3 heterocycles. The molecule has 1 aromatic carbocycles. The SMILES string of the molecule is Cc1onc(-c2c(F)cccc2Cl)c1C(=O)NCCc1nnc2ccccn12. The molecule has 4 rings (SSSR count). The molecular formula is C19H15ClFN5O2. The number of pyridine rings is 1. The summed E-state index contributed by atoms with van der Waals surface area (Å²) in [5.74, 6) is -0.0123. The molecule has 0 saturated carbocycles. The highest BCUT2D eigenvalue weighted by molar-refractivity contribution is 6.33. The van der Waals surface area contributed by atoms with Crippen LogP contribution in [0.1, 0.15) is 21.9 Å². The number of nitrogens with one attached hydrogen (secondary N) is 1. The smallest absolute Gasteiger partial charge is 0.257 e. The molecule has 7 nitrogen and oxygen atoms in total. The standard InChI is InChI=1S/C19H15ClFN5O2/c1-11-16(18(25-28-11)17-12(20)5-4-6-13(17)21)19(27)22-9-8-15-24-23-14-7-2-3-10-26(14)15/h2-7,10H,8-9H2,1H3,(H,22,27). The summed E-state index contributed by atoms with van der Waals surface area (Å²) in [6.45, 7) is 1.90. The molecule has 9 heteroatoms. The second-order valence-electron chi connectivity index (χ2n) is 6.11. The van der Waals surface area contributed by atoms with E-state index in [4.69, 9.17) is 16.1 Å². The molecule has 0 radical (unpaired) electrons. The molecule has 0 fully saturated rings. The number of aryl methyl sites for hydroxylation is 1. The average Bonchev–Trinajstić information content (AvgIpc) is 3.26. The van der Waals surface area contributed by atoms with Gasteiger partial charge in [-0.3, -0.25) is 9.20 Å². The third-order valence-corrected chi connectivity index (χ3v) is 4.62. The number of hydrogen-bond acceptors (Lipinski definition) is 5. The number of carbonyl (C=O) groups is 1. The van der Waals surface area contributed by atoms with Gasteiger partial charge < -0.3 is 9.84 Å². The van der Waals surface area contributed by atoms with Crippen LogP contribution in [0.15, 0.2) is 47.1 Å². The Balaban J connectivity index is 1.54. The molecule has 0 aliphatic carbocycles. The van der Waals surface area contributed by atoms with Gasteiger partial charge in [-0.05, 0) is 31.2 Å². The van der Waals surface area contributed by atoms with Gasteiger partial charge in [0.25, 0.3) is 5.91 Å². The van der Waals surface area contributed by atoms with Crippen molar-refractivity contribution in [3.8, 4) is 11.3 Å². The first-order chi connectivity index (χ1) is 13.6. The van der Waals surface area contributed by atoms with Gasteiger partial charge in [0, 0.05) is 19.2 Å². The summed E-state index contributed by atoms with van der Waals surface area (Å²) in [4.78, 5) is 12.7. The maximum absolute atomic E-state index is 14.3. The second-order valence-corrected chi connectivity index (χ2v) is 6.52. The Labute approximate surface area is 164 Å². The molecular weight excluding hydrogens is 385 g/mol. The molecule has 3 aromatic heterocycles. The van der Waals surface area contributed by atoms with Crippen molar-refractivity contribution in [3.63, 3.8) is 0 Å². The van der Waals surface area contributed by atoms with E-state index in [1.807, 2.05) is 28.8 Å². The summed E-state index contributed by atoms with van der Waals surface area (Å²) in [6, 6.07) is 9.87. The lowest BCUT2D eigenvalue weighted by atomic mass is 10.0. The fourth-order valence-corrected chi connectivity index (χ4v) is 3.22. The summed E-state index contributed by atoms with van der Waals surface area (Å²) in [6.07, 6.45) is 2.33. The van der Waals surface area contributed by atoms with Crippen LogP contribution in [-0.2, 0) is 6.42 Å². The number of benzene rings is 1. The highest BCUT2D eigenvalue weighted by Crippen LogP contribution is 2.33. The monoisotopic (exact) mass is 399 g/mol. The minimum Gasteiger partial charge on any atom is -0.360 e. The Hall–Kier alpha value is -3.26. The minimum atomic E-state index is -0.579. The Morgan fingerprint density at radius 1 is 1.25 bits per heavy atom. The number of carbonyl (C=O) groups excluding carboxylic acids is 1. The fourth-order valence-electron chi connectivity index (χ4n) is 2.97. The summed E-state index contributed by atoms with van der Waals surface area (Å²) in [5, 5.41) is 15.0. The van der Waals surface area contributed by atoms with Crippen molar-refractivity contribution in [2.24, 2.45) is 0 Å². The summed E-state index contributed by atoms with van der Waals surface area (Å²) in [5.41, 5.74) is 0.994. The fraction of sp³-hybridized carbons (Fsp3) is 0.158. The predicted molar refractivity (Wildman–Crippen MR) is 101 cm³/mol. The Bertz CT molecular complexity index is 1150. The summed E-state index contributed by atoms with van der Waals surface area (Å²) >= 11 is 6.11. The molecule has 0 aliphatic heterocycles. The molecule has 0 saturated heterocycles. The molecule has 0 bridgehead atoms. The Kier molecular flexibility index (Phi) is 4.79. The van der Waals surface area contributed by atoms with Crippen LogP contribution >= 0.6 is 11.6 Å². The zero-order valence-corrected chi connectivity index (χ0v) is 15.6. The van der Waals surface area contributed by atoms with Gasteiger partial charge in [0.05, 0.1) is 10.6 Å². The van der Waals surface area contributed by atoms with Crippen molar-refractivity contribution in [1.29, 1.82) is 0 Å². The molecule has 0 spiro atoms. The van der Waals surface area contributed by atoms with Crippen LogP contribution in [0.25, 0.3) is 16.9 Å². The first kappa shape index (κ1) is 18.1. The van der Waals surface area contributed by atoms with E-state index >= 15 is 0 Å². The number of aromatic nitrogens is 4. The van der Waals surface area contributed by atoms with Gasteiger partial charge in [0.1, 0.15) is 28.7 Å². The summed E-state index contributed by atoms with van der Waals surface area (Å²) in [7, 11) is 0. The van der Waals surface area contributed by atoms with Gasteiger partial charge in [-0.25, -0.2) is 4.39 Å². The quantitative estimate of drug-likeness (QED) is 0.555. The van der Waals surface area contributed by atoms with E-state index < -0.39 is 11.7 Å². The molecule has 4 aromatic rings. The van der Waals surface area contributed by atoms with Crippen molar-refractivity contribution in [2.75, 3.05) is 6.54 Å². The molecule has 0 unspecified atom stereocenters. The van der Waals surface area contributed by atoms with Gasteiger partial charge in [0.2, 0.25) is 0 Å². The highest BCUT2D eigenvalue weighted by Gasteiger charge is 2.25. The van der Waals surface area contributed by atoms with E-state index in [1.54, 1.807) is 6.92 Å². The lowest BCUT2D eigenvalue weighted by Gasteiger charge is -2.07. The van der Waals surface area contributed by atoms with Crippen LogP contribution in [-0.4, -0.2) is 32.2 Å². The topological polar surface area (TPSA) is 85.3 Å². The van der Waals surface area contributed by atoms with Crippen molar-refractivity contribution in [2.45, 2.75) is 13.3 Å². The first-order valence-corrected chi connectivity index (χ1v) is 8.91. The number of nitrogens with zero attached hydrogens (tertiary/aromatic N) is 4. The number of hydrogen-bond donors (Lipinski definition) is 1. The van der Waals surface area contributed by atoms with Crippen LogP contribution in [0.5, 0.6) is 0 Å². The third-order valence-electron chi connectivity index (χ3n) is 4.31. The molecule has 0 atom stereocenters. The lowest BCUT2D eigenvalue weighted by Crippen LogP contribution is -2.27. The van der Waals surface area contributed by atoms with Gasteiger partial charge in [-0.1, -0.05) is 28.9 Å². The Morgan fingerprint density at radius 3 is 2.93 bits per heavy atom.